The highest BCUT2D eigenvalue weighted by molar-refractivity contribution is 9.10. The fourth-order valence-electron chi connectivity index (χ4n) is 4.13. The van der Waals surface area contributed by atoms with Crippen LogP contribution in [-0.2, 0) is 13.0 Å². The Hall–Kier alpha value is -3.38. The molecule has 1 N–H and O–H groups in total. The van der Waals surface area contributed by atoms with E-state index < -0.39 is 0 Å². The van der Waals surface area contributed by atoms with Gasteiger partial charge in [0.15, 0.2) is 0 Å². The Morgan fingerprint density at radius 3 is 2.63 bits per heavy atom. The molecule has 0 aliphatic rings. The molecule has 4 rings (SSSR count). The van der Waals surface area contributed by atoms with Gasteiger partial charge in [0.05, 0.1) is 23.7 Å². The number of aryl methyl sites for hydroxylation is 1. The van der Waals surface area contributed by atoms with Gasteiger partial charge in [-0.3, -0.25) is 4.79 Å². The van der Waals surface area contributed by atoms with Crippen molar-refractivity contribution in [2.45, 2.75) is 38.8 Å². The summed E-state index contributed by atoms with van der Waals surface area (Å²) in [5.74, 6) is 1.66. The number of carbonyl (C=O) groups excluding carboxylic acids is 1. The summed E-state index contributed by atoms with van der Waals surface area (Å²) in [6.45, 7) is 7.25. The molecule has 0 aliphatic heterocycles. The van der Waals surface area contributed by atoms with Crippen molar-refractivity contribution in [2.24, 2.45) is 0 Å². The second kappa shape index (κ2) is 11.8. The molecule has 0 bridgehead atoms. The maximum absolute atomic E-state index is 12.8. The average Bonchev–Trinajstić information content (AvgIpc) is 3.24. The van der Waals surface area contributed by atoms with Crippen LogP contribution in [0.25, 0.3) is 11.0 Å². The van der Waals surface area contributed by atoms with Crippen LogP contribution >= 0.6 is 15.9 Å². The summed E-state index contributed by atoms with van der Waals surface area (Å²) >= 11 is 3.41. The number of rotatable bonds is 11. The zero-order valence-corrected chi connectivity index (χ0v) is 21.5. The Morgan fingerprint density at radius 1 is 1.09 bits per heavy atom. The molecule has 1 aromatic heterocycles. The van der Waals surface area contributed by atoms with Crippen molar-refractivity contribution in [1.29, 1.82) is 0 Å². The van der Waals surface area contributed by atoms with Crippen LogP contribution in [0.15, 0.2) is 89.9 Å². The van der Waals surface area contributed by atoms with Crippen LogP contribution in [0, 0.1) is 0 Å². The van der Waals surface area contributed by atoms with Gasteiger partial charge in [0, 0.05) is 16.6 Å². The van der Waals surface area contributed by atoms with Gasteiger partial charge in [-0.2, -0.15) is 0 Å². The van der Waals surface area contributed by atoms with E-state index in [2.05, 4.69) is 44.5 Å². The molecule has 0 saturated carbocycles. The third-order valence-electron chi connectivity index (χ3n) is 5.90. The van der Waals surface area contributed by atoms with E-state index in [0.717, 1.165) is 58.5 Å². The van der Waals surface area contributed by atoms with Gasteiger partial charge in [0.25, 0.3) is 5.91 Å². The van der Waals surface area contributed by atoms with E-state index in [9.17, 15) is 4.79 Å². The molecular weight excluding hydrogens is 502 g/mol. The Labute approximate surface area is 215 Å². The highest BCUT2D eigenvalue weighted by Crippen LogP contribution is 2.23. The van der Waals surface area contributed by atoms with Gasteiger partial charge in [-0.05, 0) is 74.2 Å². The highest BCUT2D eigenvalue weighted by Gasteiger charge is 2.19. The third-order valence-corrected chi connectivity index (χ3v) is 6.42. The fraction of sp³-hybridized carbons (Fsp3) is 0.241. The minimum atomic E-state index is -0.236. The van der Waals surface area contributed by atoms with Gasteiger partial charge >= 0.3 is 0 Å². The second-order valence-corrected chi connectivity index (χ2v) is 9.38. The predicted molar refractivity (Wildman–Crippen MR) is 145 cm³/mol. The summed E-state index contributed by atoms with van der Waals surface area (Å²) in [5.41, 5.74) is 3.78. The molecule has 4 aromatic rings. The smallest absolute Gasteiger partial charge is 0.251 e. The normalized spacial score (nSPS) is 11.8. The molecule has 180 valence electrons. The predicted octanol–water partition coefficient (Wildman–Crippen LogP) is 6.88. The summed E-state index contributed by atoms with van der Waals surface area (Å²) < 4.78 is 9.21. The number of allylic oxidation sites excluding steroid dienone is 1. The van der Waals surface area contributed by atoms with Crippen molar-refractivity contribution in [3.63, 3.8) is 0 Å². The first-order valence-electron chi connectivity index (χ1n) is 11.9. The SMILES string of the molecule is C=CCc1ccccc1OCCCCn1c(C(C)NC(=O)c2ccc(Br)cc2)nc2ccccc21. The first kappa shape index (κ1) is 24.7. The largest absolute Gasteiger partial charge is 0.493 e. The van der Waals surface area contributed by atoms with Crippen LogP contribution in [0.2, 0.25) is 0 Å². The summed E-state index contributed by atoms with van der Waals surface area (Å²) in [4.78, 5) is 17.6. The van der Waals surface area contributed by atoms with Gasteiger partial charge in [-0.15, -0.1) is 6.58 Å². The molecule has 6 heteroatoms. The number of aromatic nitrogens is 2. The topological polar surface area (TPSA) is 56.1 Å². The number of amides is 1. The van der Waals surface area contributed by atoms with Crippen LogP contribution in [0.1, 0.15) is 47.6 Å². The Bertz CT molecular complexity index is 1300. The van der Waals surface area contributed by atoms with E-state index in [-0.39, 0.29) is 11.9 Å². The van der Waals surface area contributed by atoms with Crippen molar-refractivity contribution >= 4 is 32.9 Å². The maximum Gasteiger partial charge on any atom is 0.251 e. The van der Waals surface area contributed by atoms with Crippen molar-refractivity contribution in [1.82, 2.24) is 14.9 Å². The summed E-state index contributed by atoms with van der Waals surface area (Å²) in [7, 11) is 0. The number of ether oxygens (including phenoxy) is 1. The molecule has 5 nitrogen and oxygen atoms in total. The summed E-state index contributed by atoms with van der Waals surface area (Å²) in [6.07, 6.45) is 4.54. The van der Waals surface area contributed by atoms with Crippen molar-refractivity contribution < 1.29 is 9.53 Å². The minimum Gasteiger partial charge on any atom is -0.493 e. The van der Waals surface area contributed by atoms with Crippen LogP contribution in [0.5, 0.6) is 5.75 Å². The number of halogens is 1. The molecule has 3 aromatic carbocycles. The van der Waals surface area contributed by atoms with Crippen molar-refractivity contribution in [2.75, 3.05) is 6.61 Å². The molecule has 35 heavy (non-hydrogen) atoms. The van der Waals surface area contributed by atoms with Crippen LogP contribution in [-0.4, -0.2) is 22.1 Å². The second-order valence-electron chi connectivity index (χ2n) is 8.47. The number of para-hydroxylation sites is 3. The Balaban J connectivity index is 1.41. The molecule has 1 unspecified atom stereocenters. The van der Waals surface area contributed by atoms with Gasteiger partial charge in [-0.25, -0.2) is 4.98 Å². The highest BCUT2D eigenvalue weighted by atomic mass is 79.9. The Morgan fingerprint density at radius 2 is 1.83 bits per heavy atom. The van der Waals surface area contributed by atoms with Gasteiger partial charge in [0.2, 0.25) is 0 Å². The molecule has 0 saturated heterocycles. The number of fused-ring (bicyclic) bond motifs is 1. The van der Waals surface area contributed by atoms with E-state index in [0.29, 0.717) is 12.2 Å². The molecule has 1 amide bonds. The zero-order chi connectivity index (χ0) is 24.6. The van der Waals surface area contributed by atoms with Crippen LogP contribution in [0.3, 0.4) is 0 Å². The quantitative estimate of drug-likeness (QED) is 0.169. The number of hydrogen-bond acceptors (Lipinski definition) is 3. The minimum absolute atomic E-state index is 0.116. The lowest BCUT2D eigenvalue weighted by atomic mass is 10.1. The molecule has 0 spiro atoms. The number of nitrogens with one attached hydrogen (secondary N) is 1. The molecule has 1 heterocycles. The van der Waals surface area contributed by atoms with E-state index in [1.807, 2.05) is 73.7 Å². The lowest BCUT2D eigenvalue weighted by Crippen LogP contribution is -2.28. The monoisotopic (exact) mass is 531 g/mol. The lowest BCUT2D eigenvalue weighted by Gasteiger charge is -2.17. The number of benzene rings is 3. The average molecular weight is 532 g/mol. The fourth-order valence-corrected chi connectivity index (χ4v) is 4.39. The number of imidazole rings is 1. The van der Waals surface area contributed by atoms with Crippen LogP contribution < -0.4 is 10.1 Å². The maximum atomic E-state index is 12.8. The molecule has 1 atom stereocenters. The number of unbranched alkanes of at least 4 members (excludes halogenated alkanes) is 1. The standard InChI is InChI=1S/C29H30BrN3O2/c1-3-10-22-11-4-7-14-27(22)35-20-9-8-19-33-26-13-6-5-12-25(26)32-28(33)21(2)31-29(34)23-15-17-24(30)18-16-23/h3-7,11-18,21H,1,8-10,19-20H2,2H3,(H,31,34). The molecule has 0 radical (unpaired) electrons. The Kier molecular flexibility index (Phi) is 8.37. The van der Waals surface area contributed by atoms with E-state index in [1.165, 1.54) is 0 Å². The van der Waals surface area contributed by atoms with Gasteiger partial charge < -0.3 is 14.6 Å². The summed E-state index contributed by atoms with van der Waals surface area (Å²) in [6, 6.07) is 23.3. The van der Waals surface area contributed by atoms with E-state index >= 15 is 0 Å². The van der Waals surface area contributed by atoms with Crippen LogP contribution in [0.4, 0.5) is 0 Å². The van der Waals surface area contributed by atoms with Gasteiger partial charge in [-0.1, -0.05) is 52.3 Å². The van der Waals surface area contributed by atoms with E-state index in [4.69, 9.17) is 9.72 Å². The molecule has 0 aliphatic carbocycles. The third kappa shape index (κ3) is 6.20. The van der Waals surface area contributed by atoms with Crippen molar-refractivity contribution in [3.05, 3.63) is 107 Å². The number of nitrogens with zero attached hydrogens (tertiary/aromatic N) is 2. The molecular formula is C29H30BrN3O2. The first-order chi connectivity index (χ1) is 17.1. The van der Waals surface area contributed by atoms with Crippen molar-refractivity contribution in [3.8, 4) is 5.75 Å². The molecule has 0 fully saturated rings. The summed E-state index contributed by atoms with van der Waals surface area (Å²) in [5, 5.41) is 3.10. The van der Waals surface area contributed by atoms with Gasteiger partial charge in [0.1, 0.15) is 11.6 Å². The zero-order valence-electron chi connectivity index (χ0n) is 19.9. The number of carbonyl (C=O) groups is 1. The number of hydrogen-bond donors (Lipinski definition) is 1. The first-order valence-corrected chi connectivity index (χ1v) is 12.7. The van der Waals surface area contributed by atoms with E-state index in [1.54, 1.807) is 0 Å². The lowest BCUT2D eigenvalue weighted by molar-refractivity contribution is 0.0937.